The van der Waals surface area contributed by atoms with E-state index in [9.17, 15) is 10.1 Å². The summed E-state index contributed by atoms with van der Waals surface area (Å²) in [5.74, 6) is -0.0455. The highest BCUT2D eigenvalue weighted by atomic mass is 32.1. The van der Waals surface area contributed by atoms with Crippen molar-refractivity contribution in [3.63, 3.8) is 0 Å². The van der Waals surface area contributed by atoms with E-state index in [1.807, 2.05) is 5.38 Å². The van der Waals surface area contributed by atoms with Crippen molar-refractivity contribution < 1.29 is 4.79 Å². The van der Waals surface area contributed by atoms with Crippen LogP contribution in [0.15, 0.2) is 5.38 Å². The summed E-state index contributed by atoms with van der Waals surface area (Å²) in [6.45, 7) is 0. The van der Waals surface area contributed by atoms with E-state index in [0.717, 1.165) is 48.2 Å². The zero-order chi connectivity index (χ0) is 15.1. The van der Waals surface area contributed by atoms with Gasteiger partial charge in [-0.3, -0.25) is 4.79 Å². The molecule has 2 aromatic heterocycles. The molecule has 3 nitrogen and oxygen atoms in total. The van der Waals surface area contributed by atoms with Gasteiger partial charge in [-0.1, -0.05) is 0 Å². The van der Waals surface area contributed by atoms with E-state index in [-0.39, 0.29) is 5.91 Å². The van der Waals surface area contributed by atoms with E-state index in [2.05, 4.69) is 11.4 Å². The van der Waals surface area contributed by atoms with Gasteiger partial charge in [0, 0.05) is 15.1 Å². The maximum Gasteiger partial charge on any atom is 0.257 e. The molecule has 2 heterocycles. The Morgan fingerprint density at radius 3 is 2.73 bits per heavy atom. The molecule has 112 valence electrons. The molecule has 2 aliphatic carbocycles. The summed E-state index contributed by atoms with van der Waals surface area (Å²) in [6.07, 6.45) is 7.64. The highest BCUT2D eigenvalue weighted by Gasteiger charge is 2.25. The van der Waals surface area contributed by atoms with Crippen molar-refractivity contribution in [2.75, 3.05) is 5.32 Å². The Hall–Kier alpha value is -1.64. The molecular formula is C17H16N2OS2. The summed E-state index contributed by atoms with van der Waals surface area (Å²) >= 11 is 3.29. The van der Waals surface area contributed by atoms with Crippen molar-refractivity contribution in [2.24, 2.45) is 0 Å². The minimum Gasteiger partial charge on any atom is -0.312 e. The van der Waals surface area contributed by atoms with Crippen LogP contribution >= 0.6 is 22.7 Å². The molecule has 0 saturated heterocycles. The Kier molecular flexibility index (Phi) is 3.51. The van der Waals surface area contributed by atoms with E-state index >= 15 is 0 Å². The van der Waals surface area contributed by atoms with Crippen LogP contribution in [0, 0.1) is 11.3 Å². The Morgan fingerprint density at radius 2 is 1.86 bits per heavy atom. The first-order chi connectivity index (χ1) is 10.8. The van der Waals surface area contributed by atoms with E-state index in [4.69, 9.17) is 0 Å². The van der Waals surface area contributed by atoms with Gasteiger partial charge in [-0.2, -0.15) is 5.26 Å². The fourth-order valence-corrected chi connectivity index (χ4v) is 5.83. The zero-order valence-corrected chi connectivity index (χ0v) is 13.8. The van der Waals surface area contributed by atoms with Crippen molar-refractivity contribution in [2.45, 2.75) is 44.9 Å². The van der Waals surface area contributed by atoms with Crippen LogP contribution in [0.25, 0.3) is 0 Å². The highest BCUT2D eigenvalue weighted by molar-refractivity contribution is 7.16. The summed E-state index contributed by atoms with van der Waals surface area (Å²) in [4.78, 5) is 15.3. The molecule has 0 bridgehead atoms. The number of amides is 1. The van der Waals surface area contributed by atoms with Gasteiger partial charge in [-0.05, 0) is 56.1 Å². The molecule has 0 aromatic carbocycles. The molecule has 2 aromatic rings. The Labute approximate surface area is 137 Å². The monoisotopic (exact) mass is 328 g/mol. The highest BCUT2D eigenvalue weighted by Crippen LogP contribution is 2.39. The molecule has 0 atom stereocenters. The minimum atomic E-state index is -0.0455. The second-order valence-corrected chi connectivity index (χ2v) is 7.95. The molecule has 0 fully saturated rings. The minimum absolute atomic E-state index is 0.0455. The second-order valence-electron chi connectivity index (χ2n) is 5.89. The van der Waals surface area contributed by atoms with E-state index in [1.54, 1.807) is 22.7 Å². The summed E-state index contributed by atoms with van der Waals surface area (Å²) in [5, 5.41) is 15.1. The van der Waals surface area contributed by atoms with Crippen LogP contribution in [-0.4, -0.2) is 5.91 Å². The molecule has 22 heavy (non-hydrogen) atoms. The third kappa shape index (κ3) is 2.18. The lowest BCUT2D eigenvalue weighted by Gasteiger charge is -2.12. The number of hydrogen-bond acceptors (Lipinski definition) is 4. The lowest BCUT2D eigenvalue weighted by atomic mass is 9.95. The molecule has 1 amide bonds. The third-order valence-corrected chi connectivity index (χ3v) is 6.86. The first-order valence-corrected chi connectivity index (χ1v) is 9.42. The van der Waals surface area contributed by atoms with Crippen molar-refractivity contribution in [3.8, 4) is 6.07 Å². The van der Waals surface area contributed by atoms with Gasteiger partial charge in [-0.15, -0.1) is 22.7 Å². The normalized spacial score (nSPS) is 16.0. The number of nitrogens with one attached hydrogen (secondary N) is 1. The molecule has 1 N–H and O–H groups in total. The summed E-state index contributed by atoms with van der Waals surface area (Å²) < 4.78 is 0. The first kappa shape index (κ1) is 14.0. The number of rotatable bonds is 2. The number of carbonyl (C=O) groups is 1. The number of fused-ring (bicyclic) bond motifs is 2. The first-order valence-electron chi connectivity index (χ1n) is 7.73. The second kappa shape index (κ2) is 5.53. The Morgan fingerprint density at radius 1 is 1.09 bits per heavy atom. The van der Waals surface area contributed by atoms with Crippen molar-refractivity contribution >= 4 is 33.6 Å². The van der Waals surface area contributed by atoms with Gasteiger partial charge in [0.1, 0.15) is 11.1 Å². The predicted molar refractivity (Wildman–Crippen MR) is 90.0 cm³/mol. The van der Waals surface area contributed by atoms with Gasteiger partial charge in [0.25, 0.3) is 5.91 Å². The van der Waals surface area contributed by atoms with Crippen LogP contribution in [0.4, 0.5) is 5.00 Å². The lowest BCUT2D eigenvalue weighted by molar-refractivity contribution is 0.102. The average molecular weight is 328 g/mol. The quantitative estimate of drug-likeness (QED) is 0.893. The number of thiophene rings is 2. The van der Waals surface area contributed by atoms with Gasteiger partial charge < -0.3 is 5.32 Å². The SMILES string of the molecule is N#Cc1c(NC(=O)c2csc3c2CCCC3)sc2c1CCC2. The molecule has 0 aliphatic heterocycles. The summed E-state index contributed by atoms with van der Waals surface area (Å²) in [7, 11) is 0. The molecule has 5 heteroatoms. The average Bonchev–Trinajstić information content (AvgIpc) is 3.20. The molecule has 0 spiro atoms. The van der Waals surface area contributed by atoms with Crippen LogP contribution in [0.1, 0.15) is 56.1 Å². The van der Waals surface area contributed by atoms with E-state index in [0.29, 0.717) is 5.56 Å². The number of hydrogen-bond donors (Lipinski definition) is 1. The van der Waals surface area contributed by atoms with Gasteiger partial charge in [0.05, 0.1) is 11.1 Å². The maximum absolute atomic E-state index is 12.6. The zero-order valence-electron chi connectivity index (χ0n) is 12.2. The van der Waals surface area contributed by atoms with Crippen LogP contribution in [0.3, 0.4) is 0 Å². The fourth-order valence-electron chi connectivity index (χ4n) is 3.47. The number of carbonyl (C=O) groups excluding carboxylic acids is 1. The van der Waals surface area contributed by atoms with E-state index in [1.165, 1.54) is 28.2 Å². The number of anilines is 1. The van der Waals surface area contributed by atoms with Gasteiger partial charge in [0.15, 0.2) is 0 Å². The van der Waals surface area contributed by atoms with Crippen LogP contribution in [0.5, 0.6) is 0 Å². The van der Waals surface area contributed by atoms with Gasteiger partial charge in [0.2, 0.25) is 0 Å². The summed E-state index contributed by atoms with van der Waals surface area (Å²) in [6, 6.07) is 2.29. The van der Waals surface area contributed by atoms with E-state index < -0.39 is 0 Å². The largest absolute Gasteiger partial charge is 0.312 e. The number of nitrogens with zero attached hydrogens (tertiary/aromatic N) is 1. The van der Waals surface area contributed by atoms with Crippen LogP contribution in [-0.2, 0) is 25.7 Å². The van der Waals surface area contributed by atoms with Crippen molar-refractivity contribution in [3.05, 3.63) is 37.4 Å². The molecule has 4 rings (SSSR count). The number of aryl methyl sites for hydroxylation is 2. The Bertz CT molecular complexity index is 794. The predicted octanol–water partition coefficient (Wildman–Crippen LogP) is 4.30. The standard InChI is InChI=1S/C17H16N2OS2/c18-8-12-10-5-3-7-15(10)22-17(12)19-16(20)13-9-21-14-6-2-1-4-11(13)14/h9H,1-7H2,(H,19,20). The summed E-state index contributed by atoms with van der Waals surface area (Å²) in [5.41, 5.74) is 3.90. The van der Waals surface area contributed by atoms with Gasteiger partial charge in [-0.25, -0.2) is 0 Å². The third-order valence-electron chi connectivity index (χ3n) is 4.57. The molecule has 0 radical (unpaired) electrons. The topological polar surface area (TPSA) is 52.9 Å². The molecular weight excluding hydrogens is 312 g/mol. The molecule has 2 aliphatic rings. The van der Waals surface area contributed by atoms with Crippen molar-refractivity contribution in [1.29, 1.82) is 5.26 Å². The fraction of sp³-hybridized carbons (Fsp3) is 0.412. The maximum atomic E-state index is 12.6. The van der Waals surface area contributed by atoms with Gasteiger partial charge >= 0.3 is 0 Å². The molecule has 0 saturated carbocycles. The Balaban J connectivity index is 1.63. The number of nitriles is 1. The van der Waals surface area contributed by atoms with Crippen LogP contribution < -0.4 is 5.32 Å². The smallest absolute Gasteiger partial charge is 0.257 e. The van der Waals surface area contributed by atoms with Crippen LogP contribution in [0.2, 0.25) is 0 Å². The molecule has 0 unspecified atom stereocenters. The van der Waals surface area contributed by atoms with Crippen molar-refractivity contribution in [1.82, 2.24) is 0 Å². The lowest BCUT2D eigenvalue weighted by Crippen LogP contribution is -2.14.